The number of hydrogen-bond donors (Lipinski definition) is 2. The van der Waals surface area contributed by atoms with Gasteiger partial charge in [-0.2, -0.15) is 0 Å². The molecule has 1 aliphatic rings. The lowest BCUT2D eigenvalue weighted by Gasteiger charge is -2.29. The summed E-state index contributed by atoms with van der Waals surface area (Å²) in [7, 11) is 0. The first kappa shape index (κ1) is 14.6. The van der Waals surface area contributed by atoms with Crippen LogP contribution in [0.25, 0.3) is 6.08 Å². The lowest BCUT2D eigenvalue weighted by Crippen LogP contribution is -2.42. The third-order valence-electron chi connectivity index (χ3n) is 3.23. The minimum absolute atomic E-state index is 0.0445. The van der Waals surface area contributed by atoms with E-state index in [2.05, 4.69) is 4.98 Å². The van der Waals surface area contributed by atoms with Gasteiger partial charge in [0, 0.05) is 24.0 Å². The van der Waals surface area contributed by atoms with E-state index in [0.29, 0.717) is 22.8 Å². The van der Waals surface area contributed by atoms with Crippen LogP contribution in [0.2, 0.25) is 0 Å². The summed E-state index contributed by atoms with van der Waals surface area (Å²) in [4.78, 5) is 29.2. The number of rotatable bonds is 3. The summed E-state index contributed by atoms with van der Waals surface area (Å²) in [6, 6.07) is 10.1. The van der Waals surface area contributed by atoms with Crippen molar-refractivity contribution in [2.75, 3.05) is 17.2 Å². The van der Waals surface area contributed by atoms with Crippen molar-refractivity contribution >= 4 is 29.3 Å². The number of nitrogens with two attached hydrogens (primary N) is 2. The van der Waals surface area contributed by atoms with Gasteiger partial charge in [-0.25, -0.2) is 0 Å². The Hall–Kier alpha value is -3.35. The second kappa shape index (κ2) is 5.80. The number of fused-ring (bicyclic) bond motifs is 1. The molecule has 1 aliphatic heterocycles. The Morgan fingerprint density at radius 1 is 1.30 bits per heavy atom. The van der Waals surface area contributed by atoms with E-state index in [1.165, 1.54) is 11.0 Å². The van der Waals surface area contributed by atoms with Crippen LogP contribution in [0.4, 0.5) is 11.4 Å². The van der Waals surface area contributed by atoms with E-state index < -0.39 is 11.8 Å². The Morgan fingerprint density at radius 3 is 2.83 bits per heavy atom. The van der Waals surface area contributed by atoms with E-state index in [0.717, 1.165) is 0 Å². The number of aromatic nitrogens is 1. The molecule has 0 unspecified atom stereocenters. The third kappa shape index (κ3) is 2.98. The van der Waals surface area contributed by atoms with Crippen LogP contribution in [0.3, 0.4) is 0 Å². The Morgan fingerprint density at radius 2 is 2.13 bits per heavy atom. The number of ether oxygens (including phenoxy) is 1. The van der Waals surface area contributed by atoms with Gasteiger partial charge in [-0.15, -0.1) is 0 Å². The number of pyridine rings is 1. The molecule has 0 fully saturated rings. The topological polar surface area (TPSA) is 112 Å². The molecule has 7 heteroatoms. The molecule has 2 aromatic rings. The molecule has 7 nitrogen and oxygen atoms in total. The van der Waals surface area contributed by atoms with Crippen LogP contribution in [-0.2, 0) is 9.59 Å². The number of benzene rings is 1. The molecular weight excluding hydrogens is 296 g/mol. The highest BCUT2D eigenvalue weighted by molar-refractivity contribution is 6.12. The van der Waals surface area contributed by atoms with E-state index in [-0.39, 0.29) is 12.3 Å². The lowest BCUT2D eigenvalue weighted by molar-refractivity contribution is -0.121. The number of amides is 2. The van der Waals surface area contributed by atoms with Crippen LogP contribution < -0.4 is 21.1 Å². The summed E-state index contributed by atoms with van der Waals surface area (Å²) in [6.07, 6.45) is 3.11. The number of hydrogen-bond acceptors (Lipinski definition) is 5. The van der Waals surface area contributed by atoms with Crippen LogP contribution in [0, 0.1) is 0 Å². The normalized spacial score (nSPS) is 15.2. The van der Waals surface area contributed by atoms with Crippen molar-refractivity contribution in [2.45, 2.75) is 0 Å². The summed E-state index contributed by atoms with van der Waals surface area (Å²) in [5, 5.41) is 0. The maximum atomic E-state index is 12.6. The second-order valence-corrected chi connectivity index (χ2v) is 4.95. The van der Waals surface area contributed by atoms with Gasteiger partial charge < -0.3 is 16.2 Å². The van der Waals surface area contributed by atoms with Gasteiger partial charge >= 0.3 is 0 Å². The zero-order valence-electron chi connectivity index (χ0n) is 12.1. The molecule has 2 heterocycles. The fourth-order valence-corrected chi connectivity index (χ4v) is 2.24. The molecule has 0 atom stereocenters. The first-order valence-corrected chi connectivity index (χ1v) is 6.85. The molecule has 23 heavy (non-hydrogen) atoms. The quantitative estimate of drug-likeness (QED) is 0.646. The SMILES string of the molecule is NC(=O)CN1C(=O)/C(=C\c2ccccn2)Oc2cc(N)ccc21. The minimum atomic E-state index is -0.625. The van der Waals surface area contributed by atoms with Gasteiger partial charge in [0.25, 0.3) is 5.91 Å². The molecule has 0 spiro atoms. The van der Waals surface area contributed by atoms with Crippen molar-refractivity contribution in [3.05, 3.63) is 54.0 Å². The number of nitrogens with zero attached hydrogens (tertiary/aromatic N) is 2. The average molecular weight is 310 g/mol. The van der Waals surface area contributed by atoms with Crippen molar-refractivity contribution in [3.63, 3.8) is 0 Å². The number of anilines is 2. The van der Waals surface area contributed by atoms with Crippen molar-refractivity contribution in [1.29, 1.82) is 0 Å². The number of primary amides is 1. The first-order chi connectivity index (χ1) is 11.0. The molecular formula is C16H14N4O3. The molecule has 0 saturated heterocycles. The van der Waals surface area contributed by atoms with Crippen LogP contribution in [0.1, 0.15) is 5.69 Å². The molecule has 0 bridgehead atoms. The number of carbonyl (C=O) groups excluding carboxylic acids is 2. The Bertz CT molecular complexity index is 802. The molecule has 1 aromatic carbocycles. The fraction of sp³-hybridized carbons (Fsp3) is 0.0625. The maximum absolute atomic E-state index is 12.6. The molecule has 2 amide bonds. The highest BCUT2D eigenvalue weighted by Gasteiger charge is 2.31. The third-order valence-corrected chi connectivity index (χ3v) is 3.23. The molecule has 0 saturated carbocycles. The summed E-state index contributed by atoms with van der Waals surface area (Å²) in [6.45, 7) is -0.251. The van der Waals surface area contributed by atoms with Gasteiger partial charge in [-0.05, 0) is 24.3 Å². The van der Waals surface area contributed by atoms with Crippen LogP contribution >= 0.6 is 0 Å². The smallest absolute Gasteiger partial charge is 0.294 e. The Kier molecular flexibility index (Phi) is 3.68. The van der Waals surface area contributed by atoms with Crippen molar-refractivity contribution in [2.24, 2.45) is 5.73 Å². The van der Waals surface area contributed by atoms with Crippen LogP contribution in [0.15, 0.2) is 48.4 Å². The summed E-state index contributed by atoms with van der Waals surface area (Å²) in [5.74, 6) is -0.664. The van der Waals surface area contributed by atoms with Gasteiger partial charge in [0.1, 0.15) is 6.54 Å². The largest absolute Gasteiger partial charge is 0.449 e. The molecule has 116 valence electrons. The van der Waals surface area contributed by atoms with E-state index in [4.69, 9.17) is 16.2 Å². The zero-order chi connectivity index (χ0) is 16.4. The molecule has 3 rings (SSSR count). The van der Waals surface area contributed by atoms with E-state index in [1.807, 2.05) is 0 Å². The summed E-state index contributed by atoms with van der Waals surface area (Å²) in [5.41, 5.74) is 12.5. The Labute approximate surface area is 132 Å². The van der Waals surface area contributed by atoms with Crippen molar-refractivity contribution < 1.29 is 14.3 Å². The van der Waals surface area contributed by atoms with Crippen molar-refractivity contribution in [3.8, 4) is 5.75 Å². The van der Waals surface area contributed by atoms with Gasteiger partial charge in [0.2, 0.25) is 5.91 Å². The standard InChI is InChI=1S/C16H14N4O3/c17-10-4-5-12-13(7-10)23-14(8-11-3-1-2-6-19-11)16(22)20(12)9-15(18)21/h1-8H,9,17H2,(H2,18,21)/b14-8+. The monoisotopic (exact) mass is 310 g/mol. The van der Waals surface area contributed by atoms with Gasteiger partial charge in [-0.3, -0.25) is 19.5 Å². The van der Waals surface area contributed by atoms with Gasteiger partial charge in [0.05, 0.1) is 11.4 Å². The molecule has 0 radical (unpaired) electrons. The number of nitrogen functional groups attached to an aromatic ring is 1. The zero-order valence-corrected chi connectivity index (χ0v) is 12.1. The highest BCUT2D eigenvalue weighted by Crippen LogP contribution is 2.37. The van der Waals surface area contributed by atoms with Crippen LogP contribution in [-0.4, -0.2) is 23.3 Å². The summed E-state index contributed by atoms with van der Waals surface area (Å²) >= 11 is 0. The van der Waals surface area contributed by atoms with E-state index >= 15 is 0 Å². The first-order valence-electron chi connectivity index (χ1n) is 6.85. The summed E-state index contributed by atoms with van der Waals surface area (Å²) < 4.78 is 5.64. The highest BCUT2D eigenvalue weighted by atomic mass is 16.5. The average Bonchev–Trinajstić information content (AvgIpc) is 2.52. The van der Waals surface area contributed by atoms with Crippen LogP contribution in [0.5, 0.6) is 5.75 Å². The second-order valence-electron chi connectivity index (χ2n) is 4.95. The Balaban J connectivity index is 2.06. The van der Waals surface area contributed by atoms with Crippen molar-refractivity contribution in [1.82, 2.24) is 4.98 Å². The number of carbonyl (C=O) groups is 2. The molecule has 1 aromatic heterocycles. The lowest BCUT2D eigenvalue weighted by atomic mass is 10.1. The van der Waals surface area contributed by atoms with E-state index in [9.17, 15) is 9.59 Å². The molecule has 0 aliphatic carbocycles. The molecule has 4 N–H and O–H groups in total. The minimum Gasteiger partial charge on any atom is -0.449 e. The van der Waals surface area contributed by atoms with E-state index in [1.54, 1.807) is 42.6 Å². The predicted octanol–water partition coefficient (Wildman–Crippen LogP) is 0.916. The van der Waals surface area contributed by atoms with Gasteiger partial charge in [-0.1, -0.05) is 6.07 Å². The maximum Gasteiger partial charge on any atom is 0.294 e. The fourth-order valence-electron chi connectivity index (χ4n) is 2.24. The van der Waals surface area contributed by atoms with Gasteiger partial charge in [0.15, 0.2) is 11.5 Å². The predicted molar refractivity (Wildman–Crippen MR) is 85.2 cm³/mol.